The Morgan fingerprint density at radius 2 is 2.17 bits per heavy atom. The average molecular weight is 420 g/mol. The molecule has 2 heterocycles. The van der Waals surface area contributed by atoms with E-state index in [0.29, 0.717) is 35.1 Å². The van der Waals surface area contributed by atoms with Gasteiger partial charge in [-0.05, 0) is 43.9 Å². The molecular weight excluding hydrogens is 399 g/mol. The Morgan fingerprint density at radius 1 is 1.38 bits per heavy atom. The van der Waals surface area contributed by atoms with E-state index in [-0.39, 0.29) is 17.5 Å². The number of hydrogen-bond acceptors (Lipinski definition) is 5. The summed E-state index contributed by atoms with van der Waals surface area (Å²) in [5.41, 5.74) is 0.320. The molecule has 0 saturated carbocycles. The van der Waals surface area contributed by atoms with Crippen molar-refractivity contribution < 1.29 is 18.9 Å². The van der Waals surface area contributed by atoms with Crippen molar-refractivity contribution >= 4 is 34.6 Å². The van der Waals surface area contributed by atoms with Crippen LogP contribution in [0.4, 0.5) is 20.6 Å². The molecular formula is C19H21FN4O4S. The first kappa shape index (κ1) is 20.7. The summed E-state index contributed by atoms with van der Waals surface area (Å²) in [7, 11) is 0. The van der Waals surface area contributed by atoms with Crippen LogP contribution in [-0.2, 0) is 0 Å². The van der Waals surface area contributed by atoms with Gasteiger partial charge in [-0.15, -0.1) is 11.3 Å². The summed E-state index contributed by atoms with van der Waals surface area (Å²) in [5.74, 6) is -0.588. The number of urea groups is 1. The van der Waals surface area contributed by atoms with Crippen molar-refractivity contribution in [2.75, 3.05) is 25.0 Å². The van der Waals surface area contributed by atoms with Crippen molar-refractivity contribution in [3.63, 3.8) is 0 Å². The van der Waals surface area contributed by atoms with Crippen LogP contribution < -0.4 is 10.6 Å². The number of hydrogen-bond donors (Lipinski definition) is 2. The Hall–Kier alpha value is -3.01. The Kier molecular flexibility index (Phi) is 6.42. The van der Waals surface area contributed by atoms with E-state index in [4.69, 9.17) is 0 Å². The van der Waals surface area contributed by atoms with Crippen molar-refractivity contribution in [2.45, 2.75) is 19.8 Å². The van der Waals surface area contributed by atoms with E-state index in [2.05, 4.69) is 10.6 Å². The first-order chi connectivity index (χ1) is 13.8. The number of nitrogens with zero attached hydrogens (tertiary/aromatic N) is 2. The summed E-state index contributed by atoms with van der Waals surface area (Å²) in [5, 5.41) is 16.3. The first-order valence-electron chi connectivity index (χ1n) is 9.18. The lowest BCUT2D eigenvalue weighted by Gasteiger charge is -2.32. The number of anilines is 1. The third-order valence-electron chi connectivity index (χ3n) is 4.74. The monoisotopic (exact) mass is 420 g/mol. The van der Waals surface area contributed by atoms with Crippen molar-refractivity contribution in [2.24, 2.45) is 5.92 Å². The second kappa shape index (κ2) is 8.99. The van der Waals surface area contributed by atoms with E-state index in [1.165, 1.54) is 24.3 Å². The molecule has 1 unspecified atom stereocenters. The zero-order chi connectivity index (χ0) is 21.0. The lowest BCUT2D eigenvalue weighted by atomic mass is 9.98. The highest BCUT2D eigenvalue weighted by molar-refractivity contribution is 7.14. The lowest BCUT2D eigenvalue weighted by Crippen LogP contribution is -2.44. The van der Waals surface area contributed by atoms with Crippen LogP contribution in [0.2, 0.25) is 0 Å². The average Bonchev–Trinajstić information content (AvgIpc) is 3.08. The molecule has 1 aromatic carbocycles. The highest BCUT2D eigenvalue weighted by atomic mass is 32.1. The predicted octanol–water partition coefficient (Wildman–Crippen LogP) is 3.78. The number of benzene rings is 1. The summed E-state index contributed by atoms with van der Waals surface area (Å²) < 4.78 is 13.2. The van der Waals surface area contributed by atoms with Crippen LogP contribution >= 0.6 is 11.3 Å². The number of thiophene rings is 1. The molecule has 0 bridgehead atoms. The molecule has 0 radical (unpaired) electrons. The Labute approximate surface area is 170 Å². The Balaban J connectivity index is 1.53. The number of piperidine rings is 1. The fourth-order valence-corrected chi connectivity index (χ4v) is 4.26. The molecule has 1 saturated heterocycles. The molecule has 1 aliphatic rings. The second-order valence-corrected chi connectivity index (χ2v) is 8.17. The largest absolute Gasteiger partial charge is 0.338 e. The number of likely N-dealkylation sites (tertiary alicyclic amines) is 1. The zero-order valence-corrected chi connectivity index (χ0v) is 16.6. The molecule has 10 heteroatoms. The van der Waals surface area contributed by atoms with Crippen LogP contribution in [0.1, 0.15) is 27.4 Å². The number of amides is 3. The third kappa shape index (κ3) is 5.29. The standard InChI is InChI=1S/C19H21FN4O4S/c1-12-16(24(27)28)9-17(29-12)18(25)23-7-3-4-13(11-23)10-21-19(26)22-15-6-2-5-14(20)8-15/h2,5-6,8-9,13H,3-4,7,10-11H2,1H3,(H2,21,22,26). The second-order valence-electron chi connectivity index (χ2n) is 6.91. The molecule has 29 heavy (non-hydrogen) atoms. The lowest BCUT2D eigenvalue weighted by molar-refractivity contribution is -0.385. The van der Waals surface area contributed by atoms with Gasteiger partial charge in [-0.2, -0.15) is 0 Å². The molecule has 2 N–H and O–H groups in total. The van der Waals surface area contributed by atoms with Gasteiger partial charge in [-0.1, -0.05) is 6.07 Å². The fourth-order valence-electron chi connectivity index (χ4n) is 3.31. The molecule has 154 valence electrons. The summed E-state index contributed by atoms with van der Waals surface area (Å²) >= 11 is 1.12. The van der Waals surface area contributed by atoms with Crippen LogP contribution in [0.25, 0.3) is 0 Å². The number of halogens is 1. The minimum absolute atomic E-state index is 0.0393. The van der Waals surface area contributed by atoms with Gasteiger partial charge < -0.3 is 15.5 Å². The fraction of sp³-hybridized carbons (Fsp3) is 0.368. The summed E-state index contributed by atoms with van der Waals surface area (Å²) in [6, 6.07) is 6.50. The van der Waals surface area contributed by atoms with Crippen LogP contribution in [0.15, 0.2) is 30.3 Å². The van der Waals surface area contributed by atoms with Crippen LogP contribution in [0.5, 0.6) is 0 Å². The highest BCUT2D eigenvalue weighted by Gasteiger charge is 2.28. The van der Waals surface area contributed by atoms with E-state index in [1.807, 2.05) is 0 Å². The van der Waals surface area contributed by atoms with Gasteiger partial charge in [0.25, 0.3) is 11.6 Å². The molecule has 1 fully saturated rings. The molecule has 8 nitrogen and oxygen atoms in total. The molecule has 1 atom stereocenters. The van der Waals surface area contributed by atoms with Crippen molar-refractivity contribution in [1.82, 2.24) is 10.2 Å². The molecule has 1 aliphatic heterocycles. The number of nitro groups is 1. The number of aryl methyl sites for hydroxylation is 1. The van der Waals surface area contributed by atoms with E-state index in [0.717, 1.165) is 24.2 Å². The highest BCUT2D eigenvalue weighted by Crippen LogP contribution is 2.30. The van der Waals surface area contributed by atoms with Gasteiger partial charge in [0.05, 0.1) is 14.7 Å². The molecule has 2 aromatic rings. The number of carbonyl (C=O) groups excluding carboxylic acids is 2. The molecule has 1 aromatic heterocycles. The molecule has 0 aliphatic carbocycles. The first-order valence-corrected chi connectivity index (χ1v) is 9.99. The summed E-state index contributed by atoms with van der Waals surface area (Å²) in [6.07, 6.45) is 1.64. The number of nitrogens with one attached hydrogen (secondary N) is 2. The van der Waals surface area contributed by atoms with Crippen molar-refractivity contribution in [3.8, 4) is 0 Å². The number of carbonyl (C=O) groups is 2. The van der Waals surface area contributed by atoms with Gasteiger partial charge in [-0.25, -0.2) is 9.18 Å². The maximum absolute atomic E-state index is 13.2. The summed E-state index contributed by atoms with van der Waals surface area (Å²) in [6.45, 7) is 3.04. The van der Waals surface area contributed by atoms with E-state index in [9.17, 15) is 24.1 Å². The maximum atomic E-state index is 13.2. The number of rotatable bonds is 5. The maximum Gasteiger partial charge on any atom is 0.319 e. The Morgan fingerprint density at radius 3 is 2.86 bits per heavy atom. The zero-order valence-electron chi connectivity index (χ0n) is 15.8. The minimum Gasteiger partial charge on any atom is -0.338 e. The topological polar surface area (TPSA) is 105 Å². The normalized spacial score (nSPS) is 16.3. The van der Waals surface area contributed by atoms with Gasteiger partial charge in [0.2, 0.25) is 0 Å². The minimum atomic E-state index is -0.483. The predicted molar refractivity (Wildman–Crippen MR) is 108 cm³/mol. The van der Waals surface area contributed by atoms with Crippen molar-refractivity contribution in [3.05, 3.63) is 56.0 Å². The Bertz CT molecular complexity index is 933. The van der Waals surface area contributed by atoms with Gasteiger partial charge in [-0.3, -0.25) is 14.9 Å². The van der Waals surface area contributed by atoms with Crippen LogP contribution in [-0.4, -0.2) is 41.4 Å². The molecule has 3 amide bonds. The van der Waals surface area contributed by atoms with E-state index < -0.39 is 16.8 Å². The van der Waals surface area contributed by atoms with E-state index in [1.54, 1.807) is 17.9 Å². The van der Waals surface area contributed by atoms with E-state index >= 15 is 0 Å². The molecule has 3 rings (SSSR count). The van der Waals surface area contributed by atoms with Crippen LogP contribution in [0, 0.1) is 28.8 Å². The van der Waals surface area contributed by atoms with Gasteiger partial charge >= 0.3 is 6.03 Å². The smallest absolute Gasteiger partial charge is 0.319 e. The SMILES string of the molecule is Cc1sc(C(=O)N2CCCC(CNC(=O)Nc3cccc(F)c3)C2)cc1[N+](=O)[O-]. The molecule has 0 spiro atoms. The van der Waals surface area contributed by atoms with Crippen molar-refractivity contribution in [1.29, 1.82) is 0 Å². The van der Waals surface area contributed by atoms with Gasteiger partial charge in [0.15, 0.2) is 0 Å². The van der Waals surface area contributed by atoms with Gasteiger partial charge in [0, 0.05) is 31.4 Å². The van der Waals surface area contributed by atoms with Crippen LogP contribution in [0.3, 0.4) is 0 Å². The summed E-state index contributed by atoms with van der Waals surface area (Å²) in [4.78, 5) is 37.8. The van der Waals surface area contributed by atoms with Gasteiger partial charge in [0.1, 0.15) is 5.82 Å². The quantitative estimate of drug-likeness (QED) is 0.567. The third-order valence-corrected chi connectivity index (χ3v) is 5.77.